The number of non-ortho nitro benzene ring substituents is 1. The topological polar surface area (TPSA) is 52.9 Å². The third-order valence-electron chi connectivity index (χ3n) is 4.74. The van der Waals surface area contributed by atoms with Crippen molar-refractivity contribution in [1.82, 2.24) is 10.0 Å². The maximum absolute atomic E-state index is 10.9. The Balaban J connectivity index is 1.76. The van der Waals surface area contributed by atoms with Gasteiger partial charge in [-0.25, -0.2) is 0 Å². The number of rotatable bonds is 3. The van der Waals surface area contributed by atoms with Crippen molar-refractivity contribution in [3.8, 4) is 0 Å². The van der Waals surface area contributed by atoms with E-state index in [0.717, 1.165) is 35.9 Å². The monoisotopic (exact) mass is 354 g/mol. The number of nitrogens with zero attached hydrogens (tertiary/aromatic N) is 4. The molecule has 0 bridgehead atoms. The van der Waals surface area contributed by atoms with Gasteiger partial charge in [0, 0.05) is 30.9 Å². The molecule has 128 valence electrons. The molecule has 1 atom stereocenters. The maximum atomic E-state index is 10.9. The standard InChI is InChI=1S/C18H18N4O2S/c1-13-3-5-14(6-4-13)17-19-11-2-12-20(19)18(25)21(17)15-7-9-16(10-8-15)22(23)24/h3-10,17H,2,11-12H2,1H3/t17-/m0/s1. The summed E-state index contributed by atoms with van der Waals surface area (Å²) in [6.45, 7) is 3.92. The fourth-order valence-electron chi connectivity index (χ4n) is 3.50. The highest BCUT2D eigenvalue weighted by molar-refractivity contribution is 7.80. The highest BCUT2D eigenvalue weighted by Crippen LogP contribution is 2.40. The van der Waals surface area contributed by atoms with Crippen LogP contribution in [-0.2, 0) is 0 Å². The van der Waals surface area contributed by atoms with Crippen LogP contribution in [0, 0.1) is 17.0 Å². The van der Waals surface area contributed by atoms with E-state index in [4.69, 9.17) is 12.2 Å². The summed E-state index contributed by atoms with van der Waals surface area (Å²) in [4.78, 5) is 12.6. The van der Waals surface area contributed by atoms with Gasteiger partial charge in [0.2, 0.25) is 0 Å². The smallest absolute Gasteiger partial charge is 0.269 e. The number of hydrazine groups is 1. The molecule has 6 nitrogen and oxygen atoms in total. The molecule has 0 radical (unpaired) electrons. The van der Waals surface area contributed by atoms with Gasteiger partial charge in [0.05, 0.1) is 4.92 Å². The van der Waals surface area contributed by atoms with Crippen molar-refractivity contribution < 1.29 is 4.92 Å². The SMILES string of the molecule is Cc1ccc([C@@H]2N(c3ccc([N+](=O)[O-])cc3)C(=S)N3CCCN23)cc1. The first kappa shape index (κ1) is 16.0. The van der Waals surface area contributed by atoms with E-state index < -0.39 is 0 Å². The van der Waals surface area contributed by atoms with E-state index in [1.54, 1.807) is 12.1 Å². The van der Waals surface area contributed by atoms with Crippen LogP contribution in [0.15, 0.2) is 48.5 Å². The van der Waals surface area contributed by atoms with Crippen LogP contribution >= 0.6 is 12.2 Å². The summed E-state index contributed by atoms with van der Waals surface area (Å²) in [7, 11) is 0. The first-order chi connectivity index (χ1) is 12.1. The van der Waals surface area contributed by atoms with Crippen LogP contribution in [0.3, 0.4) is 0 Å². The summed E-state index contributed by atoms with van der Waals surface area (Å²) in [6.07, 6.45) is 1.06. The van der Waals surface area contributed by atoms with Crippen molar-refractivity contribution >= 4 is 28.7 Å². The largest absolute Gasteiger partial charge is 0.296 e. The minimum Gasteiger partial charge on any atom is -0.296 e. The van der Waals surface area contributed by atoms with E-state index >= 15 is 0 Å². The lowest BCUT2D eigenvalue weighted by molar-refractivity contribution is -0.384. The molecule has 4 rings (SSSR count). The van der Waals surface area contributed by atoms with Crippen molar-refractivity contribution in [2.45, 2.75) is 19.5 Å². The molecule has 2 aliphatic heterocycles. The number of nitro groups is 1. The van der Waals surface area contributed by atoms with Crippen LogP contribution in [-0.4, -0.2) is 33.1 Å². The van der Waals surface area contributed by atoms with E-state index in [9.17, 15) is 10.1 Å². The first-order valence-corrected chi connectivity index (χ1v) is 8.65. The molecule has 2 aromatic rings. The van der Waals surface area contributed by atoms with E-state index in [-0.39, 0.29) is 16.8 Å². The fourth-order valence-corrected chi connectivity index (χ4v) is 3.90. The van der Waals surface area contributed by atoms with Gasteiger partial charge in [-0.1, -0.05) is 29.8 Å². The Morgan fingerprint density at radius 2 is 1.76 bits per heavy atom. The lowest BCUT2D eigenvalue weighted by Gasteiger charge is -2.28. The van der Waals surface area contributed by atoms with Crippen molar-refractivity contribution in [2.75, 3.05) is 18.0 Å². The molecule has 2 saturated heterocycles. The van der Waals surface area contributed by atoms with Gasteiger partial charge >= 0.3 is 0 Å². The second-order valence-corrected chi connectivity index (χ2v) is 6.72. The number of hydrogen-bond donors (Lipinski definition) is 0. The van der Waals surface area contributed by atoms with E-state index in [0.29, 0.717) is 0 Å². The zero-order valence-corrected chi connectivity index (χ0v) is 14.6. The molecular weight excluding hydrogens is 336 g/mol. The van der Waals surface area contributed by atoms with Gasteiger partial charge in [-0.15, -0.1) is 0 Å². The molecule has 0 unspecified atom stereocenters. The van der Waals surface area contributed by atoms with Crippen LogP contribution < -0.4 is 4.90 Å². The molecule has 25 heavy (non-hydrogen) atoms. The predicted octanol–water partition coefficient (Wildman–Crippen LogP) is 3.63. The molecule has 0 N–H and O–H groups in total. The Morgan fingerprint density at radius 1 is 1.08 bits per heavy atom. The molecular formula is C18H18N4O2S. The summed E-state index contributed by atoms with van der Waals surface area (Å²) in [5.41, 5.74) is 3.33. The lowest BCUT2D eigenvalue weighted by atomic mass is 10.1. The number of nitro benzene ring substituents is 1. The van der Waals surface area contributed by atoms with Gasteiger partial charge in [0.1, 0.15) is 6.17 Å². The highest BCUT2D eigenvalue weighted by Gasteiger charge is 2.45. The van der Waals surface area contributed by atoms with E-state index in [1.807, 2.05) is 0 Å². The Morgan fingerprint density at radius 3 is 2.40 bits per heavy atom. The molecule has 0 aliphatic carbocycles. The second kappa shape index (κ2) is 6.09. The molecule has 0 amide bonds. The summed E-state index contributed by atoms with van der Waals surface area (Å²) >= 11 is 5.72. The predicted molar refractivity (Wildman–Crippen MR) is 100 cm³/mol. The molecule has 0 aromatic heterocycles. The number of aryl methyl sites for hydroxylation is 1. The Bertz CT molecular complexity index is 822. The molecule has 7 heteroatoms. The average molecular weight is 354 g/mol. The molecule has 2 heterocycles. The van der Waals surface area contributed by atoms with Crippen molar-refractivity contribution in [2.24, 2.45) is 0 Å². The van der Waals surface area contributed by atoms with Gasteiger partial charge in [0.15, 0.2) is 5.11 Å². The van der Waals surface area contributed by atoms with Gasteiger partial charge < -0.3 is 0 Å². The molecule has 2 aliphatic rings. The van der Waals surface area contributed by atoms with Crippen LogP contribution in [0.25, 0.3) is 0 Å². The minimum absolute atomic E-state index is 0.0166. The Labute approximate surface area is 151 Å². The summed E-state index contributed by atoms with van der Waals surface area (Å²) in [6, 6.07) is 15.1. The number of fused-ring (bicyclic) bond motifs is 1. The fraction of sp³-hybridized carbons (Fsp3) is 0.278. The number of anilines is 1. The van der Waals surface area contributed by atoms with Crippen LogP contribution in [0.1, 0.15) is 23.7 Å². The van der Waals surface area contributed by atoms with Gasteiger partial charge in [-0.05, 0) is 43.3 Å². The number of hydrogen-bond acceptors (Lipinski definition) is 4. The Kier molecular flexibility index (Phi) is 3.89. The average Bonchev–Trinajstić information content (AvgIpc) is 3.18. The van der Waals surface area contributed by atoms with Gasteiger partial charge in [0.25, 0.3) is 5.69 Å². The highest BCUT2D eigenvalue weighted by atomic mass is 32.1. The van der Waals surface area contributed by atoms with Gasteiger partial charge in [-0.2, -0.15) is 5.01 Å². The molecule has 0 spiro atoms. The summed E-state index contributed by atoms with van der Waals surface area (Å²) in [5.74, 6) is 0. The summed E-state index contributed by atoms with van der Waals surface area (Å²) < 4.78 is 0. The number of thiocarbonyl (C=S) groups is 1. The van der Waals surface area contributed by atoms with E-state index in [2.05, 4.69) is 46.1 Å². The third-order valence-corrected chi connectivity index (χ3v) is 5.14. The minimum atomic E-state index is -0.384. The lowest BCUT2D eigenvalue weighted by Crippen LogP contribution is -2.32. The molecule has 0 saturated carbocycles. The second-order valence-electron chi connectivity index (χ2n) is 6.35. The summed E-state index contributed by atoms with van der Waals surface area (Å²) in [5, 5.41) is 16.1. The molecule has 2 aromatic carbocycles. The van der Waals surface area contributed by atoms with Crippen LogP contribution in [0.2, 0.25) is 0 Å². The maximum Gasteiger partial charge on any atom is 0.269 e. The van der Waals surface area contributed by atoms with Crippen LogP contribution in [0.4, 0.5) is 11.4 Å². The van der Waals surface area contributed by atoms with Gasteiger partial charge in [-0.3, -0.25) is 20.0 Å². The normalized spacial score (nSPS) is 20.2. The first-order valence-electron chi connectivity index (χ1n) is 8.24. The Hall–Kier alpha value is -2.51. The van der Waals surface area contributed by atoms with Crippen molar-refractivity contribution in [3.05, 3.63) is 69.8 Å². The quantitative estimate of drug-likeness (QED) is 0.477. The van der Waals surface area contributed by atoms with E-state index in [1.165, 1.54) is 17.7 Å². The van der Waals surface area contributed by atoms with Crippen molar-refractivity contribution in [3.63, 3.8) is 0 Å². The zero-order chi connectivity index (χ0) is 17.6. The zero-order valence-electron chi connectivity index (χ0n) is 13.8. The number of benzene rings is 2. The van der Waals surface area contributed by atoms with Crippen molar-refractivity contribution in [1.29, 1.82) is 0 Å². The van der Waals surface area contributed by atoms with Crippen LogP contribution in [0.5, 0.6) is 0 Å². The third kappa shape index (κ3) is 2.65. The molecule has 2 fully saturated rings.